The number of nitrogens with zero attached hydrogens (tertiary/aromatic N) is 3. The molecule has 2 rings (SSSR count). The van der Waals surface area contributed by atoms with Crippen LogP contribution in [-0.2, 0) is 13.0 Å². The number of aromatic nitrogens is 3. The van der Waals surface area contributed by atoms with Crippen LogP contribution in [0, 0.1) is 5.92 Å². The molecule has 0 aliphatic heterocycles. The lowest BCUT2D eigenvalue weighted by molar-refractivity contribution is 0.438. The van der Waals surface area contributed by atoms with Gasteiger partial charge in [0.25, 0.3) is 0 Å². The van der Waals surface area contributed by atoms with Gasteiger partial charge in [-0.25, -0.2) is 4.98 Å². The molecule has 1 unspecified atom stereocenters. The van der Waals surface area contributed by atoms with Gasteiger partial charge >= 0.3 is 0 Å². The van der Waals surface area contributed by atoms with Crippen LogP contribution in [0.3, 0.4) is 0 Å². The Hall–Kier alpha value is -1.68. The minimum atomic E-state index is 0.278. The molecular weight excluding hydrogens is 260 g/mol. The zero-order valence-corrected chi connectivity index (χ0v) is 13.3. The Kier molecular flexibility index (Phi) is 5.93. The molecule has 0 aliphatic carbocycles. The Morgan fingerprint density at radius 1 is 1.19 bits per heavy atom. The Morgan fingerprint density at radius 3 is 2.52 bits per heavy atom. The van der Waals surface area contributed by atoms with Gasteiger partial charge in [0.15, 0.2) is 0 Å². The van der Waals surface area contributed by atoms with Gasteiger partial charge in [-0.05, 0) is 36.4 Å². The van der Waals surface area contributed by atoms with Crippen LogP contribution in [0.4, 0.5) is 0 Å². The van der Waals surface area contributed by atoms with Crippen LogP contribution in [0.1, 0.15) is 44.4 Å². The van der Waals surface area contributed by atoms with Crippen LogP contribution in [0.25, 0.3) is 0 Å². The third kappa shape index (κ3) is 4.97. The van der Waals surface area contributed by atoms with Gasteiger partial charge in [0.1, 0.15) is 12.7 Å². The predicted octanol–water partition coefficient (Wildman–Crippen LogP) is 3.22. The summed E-state index contributed by atoms with van der Waals surface area (Å²) in [6.45, 7) is 8.51. The van der Waals surface area contributed by atoms with Gasteiger partial charge in [-0.15, -0.1) is 0 Å². The van der Waals surface area contributed by atoms with Crippen molar-refractivity contribution in [3.63, 3.8) is 0 Å². The predicted molar refractivity (Wildman–Crippen MR) is 86.0 cm³/mol. The third-order valence-electron chi connectivity index (χ3n) is 3.50. The second kappa shape index (κ2) is 7.93. The van der Waals surface area contributed by atoms with Crippen LogP contribution in [0.5, 0.6) is 0 Å². The number of nitrogens with one attached hydrogen (secondary N) is 1. The fourth-order valence-corrected chi connectivity index (χ4v) is 2.48. The van der Waals surface area contributed by atoms with E-state index in [1.807, 2.05) is 4.68 Å². The molecule has 1 atom stereocenters. The maximum Gasteiger partial charge on any atom is 0.137 e. The van der Waals surface area contributed by atoms with E-state index in [2.05, 4.69) is 60.4 Å². The van der Waals surface area contributed by atoms with Crippen molar-refractivity contribution in [1.29, 1.82) is 0 Å². The van der Waals surface area contributed by atoms with Crippen molar-refractivity contribution in [2.75, 3.05) is 6.54 Å². The molecule has 0 amide bonds. The third-order valence-corrected chi connectivity index (χ3v) is 3.50. The van der Waals surface area contributed by atoms with E-state index in [4.69, 9.17) is 0 Å². The zero-order chi connectivity index (χ0) is 15.1. The minimum absolute atomic E-state index is 0.278. The number of hydrogen-bond acceptors (Lipinski definition) is 3. The van der Waals surface area contributed by atoms with Gasteiger partial charge in [-0.3, -0.25) is 4.68 Å². The summed E-state index contributed by atoms with van der Waals surface area (Å²) >= 11 is 0. The smallest absolute Gasteiger partial charge is 0.137 e. The minimum Gasteiger partial charge on any atom is -0.308 e. The molecule has 2 aromatic rings. The Labute approximate surface area is 127 Å². The fourth-order valence-electron chi connectivity index (χ4n) is 2.48. The van der Waals surface area contributed by atoms with E-state index in [9.17, 15) is 0 Å². The van der Waals surface area contributed by atoms with Crippen molar-refractivity contribution in [3.8, 4) is 0 Å². The molecule has 0 saturated carbocycles. The maximum atomic E-state index is 4.21. The summed E-state index contributed by atoms with van der Waals surface area (Å²) in [6, 6.07) is 9.25. The Balaban J connectivity index is 2.08. The standard InChI is InChI=1S/C17H26N4/c1-4-9-19-17(11-21-13-18-12-20-21)16-7-5-15(6-8-16)10-14(2)3/h5-8,12-14,17,19H,4,9-11H2,1-3H3. The van der Waals surface area contributed by atoms with Crippen LogP contribution in [-0.4, -0.2) is 21.3 Å². The summed E-state index contributed by atoms with van der Waals surface area (Å²) in [4.78, 5) is 4.02. The molecular formula is C17H26N4. The lowest BCUT2D eigenvalue weighted by Gasteiger charge is -2.19. The van der Waals surface area contributed by atoms with Gasteiger partial charge in [0.05, 0.1) is 12.6 Å². The highest BCUT2D eigenvalue weighted by atomic mass is 15.3. The highest BCUT2D eigenvalue weighted by Gasteiger charge is 2.12. The highest BCUT2D eigenvalue weighted by molar-refractivity contribution is 5.25. The topological polar surface area (TPSA) is 42.7 Å². The SMILES string of the molecule is CCCNC(Cn1cncn1)c1ccc(CC(C)C)cc1. The summed E-state index contributed by atoms with van der Waals surface area (Å²) in [7, 11) is 0. The molecule has 1 heterocycles. The molecule has 1 aromatic heterocycles. The van der Waals surface area contributed by atoms with E-state index < -0.39 is 0 Å². The van der Waals surface area contributed by atoms with Crippen LogP contribution in [0.15, 0.2) is 36.9 Å². The molecule has 1 N–H and O–H groups in total. The van der Waals surface area contributed by atoms with Crippen LogP contribution >= 0.6 is 0 Å². The molecule has 0 saturated heterocycles. The molecule has 4 heteroatoms. The molecule has 0 aliphatic rings. The molecule has 4 nitrogen and oxygen atoms in total. The van der Waals surface area contributed by atoms with Crippen molar-refractivity contribution >= 4 is 0 Å². The normalized spacial score (nSPS) is 12.8. The Bertz CT molecular complexity index is 502. The lowest BCUT2D eigenvalue weighted by atomic mass is 9.99. The van der Waals surface area contributed by atoms with Crippen molar-refractivity contribution in [1.82, 2.24) is 20.1 Å². The van der Waals surface area contributed by atoms with Gasteiger partial charge in [-0.2, -0.15) is 5.10 Å². The average molecular weight is 286 g/mol. The second-order valence-electron chi connectivity index (χ2n) is 5.96. The molecule has 21 heavy (non-hydrogen) atoms. The van der Waals surface area contributed by atoms with E-state index in [0.29, 0.717) is 5.92 Å². The molecule has 0 bridgehead atoms. The van der Waals surface area contributed by atoms with Gasteiger partial charge in [-0.1, -0.05) is 45.0 Å². The summed E-state index contributed by atoms with van der Waals surface area (Å²) in [5.74, 6) is 0.694. The van der Waals surface area contributed by atoms with Gasteiger partial charge in [0, 0.05) is 0 Å². The zero-order valence-electron chi connectivity index (χ0n) is 13.3. The summed E-state index contributed by atoms with van der Waals surface area (Å²) in [5.41, 5.74) is 2.72. The van der Waals surface area contributed by atoms with Crippen LogP contribution in [0.2, 0.25) is 0 Å². The van der Waals surface area contributed by atoms with Crippen molar-refractivity contribution in [3.05, 3.63) is 48.0 Å². The van der Waals surface area contributed by atoms with Crippen LogP contribution < -0.4 is 5.32 Å². The van der Waals surface area contributed by atoms with Crippen molar-refractivity contribution < 1.29 is 0 Å². The van der Waals surface area contributed by atoms with E-state index in [1.165, 1.54) is 11.1 Å². The summed E-state index contributed by atoms with van der Waals surface area (Å²) in [6.07, 6.45) is 5.62. The van der Waals surface area contributed by atoms with Crippen molar-refractivity contribution in [2.24, 2.45) is 5.92 Å². The monoisotopic (exact) mass is 286 g/mol. The molecule has 0 fully saturated rings. The first-order chi connectivity index (χ1) is 10.2. The fraction of sp³-hybridized carbons (Fsp3) is 0.529. The van der Waals surface area contributed by atoms with E-state index in [0.717, 1.165) is 25.9 Å². The van der Waals surface area contributed by atoms with E-state index in [1.54, 1.807) is 12.7 Å². The Morgan fingerprint density at radius 2 is 1.95 bits per heavy atom. The first kappa shape index (κ1) is 15.7. The van der Waals surface area contributed by atoms with E-state index in [-0.39, 0.29) is 6.04 Å². The quantitative estimate of drug-likeness (QED) is 0.810. The molecule has 1 aromatic carbocycles. The highest BCUT2D eigenvalue weighted by Crippen LogP contribution is 2.17. The first-order valence-electron chi connectivity index (χ1n) is 7.83. The van der Waals surface area contributed by atoms with Crippen molar-refractivity contribution in [2.45, 2.75) is 46.2 Å². The number of benzene rings is 1. The lowest BCUT2D eigenvalue weighted by Crippen LogP contribution is -2.26. The molecule has 0 radical (unpaired) electrons. The maximum absolute atomic E-state index is 4.21. The van der Waals surface area contributed by atoms with E-state index >= 15 is 0 Å². The number of rotatable bonds is 8. The largest absolute Gasteiger partial charge is 0.308 e. The van der Waals surface area contributed by atoms with Gasteiger partial charge < -0.3 is 5.32 Å². The molecule has 0 spiro atoms. The first-order valence-corrected chi connectivity index (χ1v) is 7.83. The van der Waals surface area contributed by atoms with Gasteiger partial charge in [0.2, 0.25) is 0 Å². The summed E-state index contributed by atoms with van der Waals surface area (Å²) in [5, 5.41) is 7.81. The summed E-state index contributed by atoms with van der Waals surface area (Å²) < 4.78 is 1.88. The number of hydrogen-bond donors (Lipinski definition) is 1. The second-order valence-corrected chi connectivity index (χ2v) is 5.96. The average Bonchev–Trinajstić information content (AvgIpc) is 2.97. The molecule has 114 valence electrons.